The van der Waals surface area contributed by atoms with E-state index in [1.807, 2.05) is 25.1 Å². The van der Waals surface area contributed by atoms with Crippen LogP contribution >= 0.6 is 0 Å². The van der Waals surface area contributed by atoms with Crippen LogP contribution in [0.15, 0.2) is 18.2 Å². The largest absolute Gasteiger partial charge is 0.494 e. The Bertz CT molecular complexity index is 406. The zero-order valence-corrected chi connectivity index (χ0v) is 7.09. The fourth-order valence-electron chi connectivity index (χ4n) is 1.30. The number of ether oxygens (including phenoxy) is 1. The monoisotopic (exact) mass is 162 g/mol. The second kappa shape index (κ2) is 2.52. The van der Waals surface area contributed by atoms with Crippen molar-refractivity contribution in [1.29, 1.82) is 0 Å². The highest BCUT2D eigenvalue weighted by Gasteiger charge is 2.04. The van der Waals surface area contributed by atoms with E-state index in [4.69, 9.17) is 4.74 Å². The third-order valence-corrected chi connectivity index (χ3v) is 1.96. The van der Waals surface area contributed by atoms with E-state index < -0.39 is 0 Å². The number of aromatic amines is 1. The van der Waals surface area contributed by atoms with Crippen LogP contribution in [0.4, 0.5) is 0 Å². The maximum atomic E-state index is 5.16. The highest BCUT2D eigenvalue weighted by atomic mass is 16.5. The van der Waals surface area contributed by atoms with Gasteiger partial charge in [0.1, 0.15) is 11.3 Å². The van der Waals surface area contributed by atoms with Crippen LogP contribution in [0.25, 0.3) is 10.9 Å². The van der Waals surface area contributed by atoms with Crippen molar-refractivity contribution in [2.45, 2.75) is 6.92 Å². The van der Waals surface area contributed by atoms with Crippen molar-refractivity contribution in [3.8, 4) is 5.75 Å². The van der Waals surface area contributed by atoms with E-state index in [0.717, 1.165) is 22.3 Å². The predicted molar refractivity (Wildman–Crippen MR) is 47.4 cm³/mol. The number of aromatic nitrogens is 2. The van der Waals surface area contributed by atoms with E-state index >= 15 is 0 Å². The molecular weight excluding hydrogens is 152 g/mol. The SMILES string of the molecule is COc1cccc2c(C)[nH]nc12. The van der Waals surface area contributed by atoms with Crippen LogP contribution < -0.4 is 4.74 Å². The van der Waals surface area contributed by atoms with Crippen LogP contribution in [0.5, 0.6) is 5.75 Å². The normalized spacial score (nSPS) is 10.5. The van der Waals surface area contributed by atoms with E-state index in [2.05, 4.69) is 10.2 Å². The molecular formula is C9H10N2O. The van der Waals surface area contributed by atoms with Crippen LogP contribution in [-0.2, 0) is 0 Å². The highest BCUT2D eigenvalue weighted by molar-refractivity contribution is 5.86. The summed E-state index contributed by atoms with van der Waals surface area (Å²) >= 11 is 0. The molecule has 0 bridgehead atoms. The van der Waals surface area contributed by atoms with Crippen molar-refractivity contribution in [1.82, 2.24) is 10.2 Å². The third kappa shape index (κ3) is 0.863. The molecule has 0 radical (unpaired) electrons. The minimum atomic E-state index is 0.817. The molecule has 1 heterocycles. The number of aryl methyl sites for hydroxylation is 1. The lowest BCUT2D eigenvalue weighted by Crippen LogP contribution is -1.83. The summed E-state index contributed by atoms with van der Waals surface area (Å²) in [4.78, 5) is 0. The first kappa shape index (κ1) is 7.16. The molecule has 0 saturated carbocycles. The average Bonchev–Trinajstić information content (AvgIpc) is 2.48. The Morgan fingerprint density at radius 2 is 2.25 bits per heavy atom. The van der Waals surface area contributed by atoms with Crippen LogP contribution in [0.3, 0.4) is 0 Å². The summed E-state index contributed by atoms with van der Waals surface area (Å²) in [6, 6.07) is 5.89. The summed E-state index contributed by atoms with van der Waals surface area (Å²) < 4.78 is 5.16. The summed E-state index contributed by atoms with van der Waals surface area (Å²) in [5, 5.41) is 8.18. The summed E-state index contributed by atoms with van der Waals surface area (Å²) in [5.74, 6) is 0.817. The lowest BCUT2D eigenvalue weighted by Gasteiger charge is -1.98. The molecule has 0 unspecified atom stereocenters. The Balaban J connectivity index is 2.81. The van der Waals surface area contributed by atoms with Gasteiger partial charge < -0.3 is 4.74 Å². The van der Waals surface area contributed by atoms with Crippen molar-refractivity contribution >= 4 is 10.9 Å². The topological polar surface area (TPSA) is 37.9 Å². The predicted octanol–water partition coefficient (Wildman–Crippen LogP) is 1.88. The first-order valence-corrected chi connectivity index (χ1v) is 3.80. The molecule has 0 aliphatic heterocycles. The number of nitrogens with one attached hydrogen (secondary N) is 1. The zero-order chi connectivity index (χ0) is 8.55. The van der Waals surface area contributed by atoms with Gasteiger partial charge in [0.05, 0.1) is 7.11 Å². The van der Waals surface area contributed by atoms with E-state index in [-0.39, 0.29) is 0 Å². The minimum absolute atomic E-state index is 0.817. The molecule has 2 aromatic rings. The lowest BCUT2D eigenvalue weighted by atomic mass is 10.2. The van der Waals surface area contributed by atoms with E-state index in [9.17, 15) is 0 Å². The number of fused-ring (bicyclic) bond motifs is 1. The van der Waals surface area contributed by atoms with Gasteiger partial charge in [0.15, 0.2) is 0 Å². The molecule has 0 atom stereocenters. The van der Waals surface area contributed by atoms with Crippen molar-refractivity contribution < 1.29 is 4.74 Å². The standard InChI is InChI=1S/C9H10N2O/c1-6-7-4-3-5-8(12-2)9(7)11-10-6/h3-5H,1-2H3,(H,10,11). The first-order valence-electron chi connectivity index (χ1n) is 3.80. The minimum Gasteiger partial charge on any atom is -0.494 e. The van der Waals surface area contributed by atoms with Crippen LogP contribution in [-0.4, -0.2) is 17.3 Å². The number of methoxy groups -OCH3 is 1. The number of hydrogen-bond donors (Lipinski definition) is 1. The molecule has 0 aliphatic carbocycles. The van der Waals surface area contributed by atoms with Gasteiger partial charge in [-0.2, -0.15) is 5.10 Å². The van der Waals surface area contributed by atoms with Crippen LogP contribution in [0.1, 0.15) is 5.69 Å². The molecule has 0 fully saturated rings. The van der Waals surface area contributed by atoms with E-state index in [1.165, 1.54) is 0 Å². The molecule has 0 spiro atoms. The van der Waals surface area contributed by atoms with Gasteiger partial charge in [-0.05, 0) is 13.0 Å². The van der Waals surface area contributed by atoms with Crippen molar-refractivity contribution in [3.05, 3.63) is 23.9 Å². The number of nitrogens with zero attached hydrogens (tertiary/aromatic N) is 1. The number of benzene rings is 1. The average molecular weight is 162 g/mol. The van der Waals surface area contributed by atoms with Crippen LogP contribution in [0, 0.1) is 6.92 Å². The Hall–Kier alpha value is -1.51. The van der Waals surface area contributed by atoms with Gasteiger partial charge in [-0.3, -0.25) is 5.10 Å². The Labute approximate surface area is 70.4 Å². The molecule has 0 amide bonds. The molecule has 12 heavy (non-hydrogen) atoms. The first-order chi connectivity index (χ1) is 5.83. The highest BCUT2D eigenvalue weighted by Crippen LogP contribution is 2.24. The number of para-hydroxylation sites is 1. The quantitative estimate of drug-likeness (QED) is 0.695. The second-order valence-electron chi connectivity index (χ2n) is 2.71. The summed E-state index contributed by atoms with van der Waals surface area (Å²) in [6.07, 6.45) is 0. The molecule has 3 nitrogen and oxygen atoms in total. The van der Waals surface area contributed by atoms with E-state index in [0.29, 0.717) is 0 Å². The van der Waals surface area contributed by atoms with Gasteiger partial charge in [0.2, 0.25) is 0 Å². The number of hydrogen-bond acceptors (Lipinski definition) is 2. The Morgan fingerprint density at radius 1 is 1.42 bits per heavy atom. The number of rotatable bonds is 1. The van der Waals surface area contributed by atoms with Gasteiger partial charge in [-0.1, -0.05) is 12.1 Å². The smallest absolute Gasteiger partial charge is 0.146 e. The lowest BCUT2D eigenvalue weighted by molar-refractivity contribution is 0.419. The van der Waals surface area contributed by atoms with Gasteiger partial charge in [0.25, 0.3) is 0 Å². The van der Waals surface area contributed by atoms with Gasteiger partial charge in [0, 0.05) is 11.1 Å². The molecule has 1 aromatic heterocycles. The Morgan fingerprint density at radius 3 is 3.00 bits per heavy atom. The third-order valence-electron chi connectivity index (χ3n) is 1.96. The molecule has 0 aliphatic rings. The van der Waals surface area contributed by atoms with Gasteiger partial charge >= 0.3 is 0 Å². The van der Waals surface area contributed by atoms with Crippen molar-refractivity contribution in [3.63, 3.8) is 0 Å². The van der Waals surface area contributed by atoms with Crippen molar-refractivity contribution in [2.75, 3.05) is 7.11 Å². The van der Waals surface area contributed by atoms with Crippen molar-refractivity contribution in [2.24, 2.45) is 0 Å². The summed E-state index contributed by atoms with van der Waals surface area (Å²) in [5.41, 5.74) is 1.97. The molecule has 3 heteroatoms. The van der Waals surface area contributed by atoms with E-state index in [1.54, 1.807) is 7.11 Å². The van der Waals surface area contributed by atoms with Crippen LogP contribution in [0.2, 0.25) is 0 Å². The molecule has 1 N–H and O–H groups in total. The molecule has 1 aromatic carbocycles. The maximum absolute atomic E-state index is 5.16. The van der Waals surface area contributed by atoms with Gasteiger partial charge in [-0.25, -0.2) is 0 Å². The molecule has 62 valence electrons. The summed E-state index contributed by atoms with van der Waals surface area (Å²) in [6.45, 7) is 1.99. The van der Waals surface area contributed by atoms with Gasteiger partial charge in [-0.15, -0.1) is 0 Å². The number of H-pyrrole nitrogens is 1. The Kier molecular flexibility index (Phi) is 1.50. The molecule has 2 rings (SSSR count). The summed E-state index contributed by atoms with van der Waals surface area (Å²) in [7, 11) is 1.65. The fourth-order valence-corrected chi connectivity index (χ4v) is 1.30. The fraction of sp³-hybridized carbons (Fsp3) is 0.222. The molecule has 0 saturated heterocycles. The maximum Gasteiger partial charge on any atom is 0.146 e. The second-order valence-corrected chi connectivity index (χ2v) is 2.71. The zero-order valence-electron chi connectivity index (χ0n) is 7.09.